The van der Waals surface area contributed by atoms with Gasteiger partial charge in [-0.25, -0.2) is 4.98 Å². The van der Waals surface area contributed by atoms with Gasteiger partial charge in [-0.1, -0.05) is 0 Å². The molecule has 0 saturated carbocycles. The quantitative estimate of drug-likeness (QED) is 0.727. The summed E-state index contributed by atoms with van der Waals surface area (Å²) in [5.74, 6) is 0.740. The smallest absolute Gasteiger partial charge is 0.251 e. The lowest BCUT2D eigenvalue weighted by Crippen LogP contribution is -2.26. The molecule has 0 unspecified atom stereocenters. The molecule has 0 spiro atoms. The third-order valence-corrected chi connectivity index (χ3v) is 4.89. The van der Waals surface area contributed by atoms with Crippen molar-refractivity contribution in [3.8, 4) is 0 Å². The molecule has 136 valence electrons. The molecular weight excluding hydrogens is 330 g/mol. The number of hydrogen-bond acceptors (Lipinski definition) is 4. The lowest BCUT2D eigenvalue weighted by molar-refractivity contribution is 0.0952. The zero-order valence-corrected chi connectivity index (χ0v) is 14.8. The normalized spacial score (nSPS) is 17.2. The summed E-state index contributed by atoms with van der Waals surface area (Å²) in [6.07, 6.45) is 4.42. The van der Waals surface area contributed by atoms with Gasteiger partial charge in [0.1, 0.15) is 0 Å². The third-order valence-electron chi connectivity index (χ3n) is 4.89. The number of fused-ring (bicyclic) bond motifs is 1. The SMILES string of the molecule is Cn1c(N2CC[C@H](O)C2)nc2cc(C(=O)NCCn3cccc3)ccc21. The minimum absolute atomic E-state index is 0.0946. The van der Waals surface area contributed by atoms with Gasteiger partial charge in [-0.05, 0) is 36.8 Å². The molecule has 1 aliphatic heterocycles. The molecule has 0 bridgehead atoms. The van der Waals surface area contributed by atoms with Gasteiger partial charge in [0.15, 0.2) is 0 Å². The Bertz CT molecular complexity index is 916. The predicted molar refractivity (Wildman–Crippen MR) is 100 cm³/mol. The van der Waals surface area contributed by atoms with E-state index in [1.165, 1.54) is 0 Å². The summed E-state index contributed by atoms with van der Waals surface area (Å²) in [6.45, 7) is 2.71. The molecule has 1 aliphatic rings. The lowest BCUT2D eigenvalue weighted by Gasteiger charge is -2.16. The Balaban J connectivity index is 1.49. The van der Waals surface area contributed by atoms with Gasteiger partial charge < -0.3 is 24.5 Å². The third kappa shape index (κ3) is 3.17. The summed E-state index contributed by atoms with van der Waals surface area (Å²) in [6, 6.07) is 9.52. The Morgan fingerprint density at radius 1 is 1.35 bits per heavy atom. The van der Waals surface area contributed by atoms with E-state index in [2.05, 4.69) is 15.2 Å². The molecule has 7 nitrogen and oxygen atoms in total. The van der Waals surface area contributed by atoms with Crippen LogP contribution in [0.15, 0.2) is 42.7 Å². The van der Waals surface area contributed by atoms with E-state index in [-0.39, 0.29) is 12.0 Å². The van der Waals surface area contributed by atoms with Gasteiger partial charge in [-0.2, -0.15) is 0 Å². The first kappa shape index (κ1) is 16.7. The van der Waals surface area contributed by atoms with Crippen LogP contribution in [0.3, 0.4) is 0 Å². The highest BCUT2D eigenvalue weighted by molar-refractivity contribution is 5.97. The van der Waals surface area contributed by atoms with E-state index in [4.69, 9.17) is 0 Å². The van der Waals surface area contributed by atoms with Crippen LogP contribution in [-0.4, -0.2) is 50.9 Å². The van der Waals surface area contributed by atoms with Crippen LogP contribution in [0.5, 0.6) is 0 Å². The molecule has 3 aromatic rings. The monoisotopic (exact) mass is 353 g/mol. The highest BCUT2D eigenvalue weighted by Gasteiger charge is 2.24. The number of aliphatic hydroxyl groups is 1. The Kier molecular flexibility index (Phi) is 4.38. The Hall–Kier alpha value is -2.80. The molecule has 1 atom stereocenters. The first-order valence-corrected chi connectivity index (χ1v) is 8.90. The zero-order valence-electron chi connectivity index (χ0n) is 14.8. The molecule has 1 amide bonds. The zero-order chi connectivity index (χ0) is 18.1. The van der Waals surface area contributed by atoms with Crippen molar-refractivity contribution in [1.82, 2.24) is 19.4 Å². The second-order valence-electron chi connectivity index (χ2n) is 6.74. The van der Waals surface area contributed by atoms with E-state index in [0.29, 0.717) is 18.7 Å². The van der Waals surface area contributed by atoms with Crippen LogP contribution in [0.25, 0.3) is 11.0 Å². The molecule has 3 heterocycles. The molecule has 1 aromatic carbocycles. The molecule has 1 fully saturated rings. The predicted octanol–water partition coefficient (Wildman–Crippen LogP) is 1.38. The Morgan fingerprint density at radius 2 is 2.15 bits per heavy atom. The molecule has 4 rings (SSSR count). The highest BCUT2D eigenvalue weighted by Crippen LogP contribution is 2.25. The van der Waals surface area contributed by atoms with Crippen molar-refractivity contribution in [3.05, 3.63) is 48.3 Å². The number of anilines is 1. The van der Waals surface area contributed by atoms with Crippen molar-refractivity contribution < 1.29 is 9.90 Å². The number of benzene rings is 1. The number of hydrogen-bond donors (Lipinski definition) is 2. The number of β-amino-alcohol motifs (C(OH)–C–C–N with tert-alkyl or cyclic N) is 1. The number of carbonyl (C=O) groups excluding carboxylic acids is 1. The fraction of sp³-hybridized carbons (Fsp3) is 0.368. The molecule has 26 heavy (non-hydrogen) atoms. The van der Waals surface area contributed by atoms with Gasteiger partial charge in [0.2, 0.25) is 5.95 Å². The summed E-state index contributed by atoms with van der Waals surface area (Å²) in [7, 11) is 1.96. The fourth-order valence-corrected chi connectivity index (χ4v) is 3.45. The van der Waals surface area contributed by atoms with Gasteiger partial charge in [0.05, 0.1) is 17.1 Å². The number of nitrogens with zero attached hydrogens (tertiary/aromatic N) is 4. The van der Waals surface area contributed by atoms with E-state index >= 15 is 0 Å². The topological polar surface area (TPSA) is 75.3 Å². The number of aliphatic hydroxyl groups excluding tert-OH is 1. The van der Waals surface area contributed by atoms with E-state index in [0.717, 1.165) is 36.5 Å². The minimum atomic E-state index is -0.295. The Labute approximate surface area is 151 Å². The van der Waals surface area contributed by atoms with E-state index in [1.807, 2.05) is 58.9 Å². The Morgan fingerprint density at radius 3 is 2.88 bits per heavy atom. The average Bonchev–Trinajstić information content (AvgIpc) is 3.36. The van der Waals surface area contributed by atoms with Crippen LogP contribution in [0.4, 0.5) is 5.95 Å². The molecule has 0 radical (unpaired) electrons. The standard InChI is InChI=1S/C19H23N5O2/c1-22-17-5-4-14(18(26)20-7-11-23-8-2-3-9-23)12-16(17)21-19(22)24-10-6-15(25)13-24/h2-5,8-9,12,15,25H,6-7,10-11,13H2,1H3,(H,20,26)/t15-/m0/s1. The van der Waals surface area contributed by atoms with Crippen LogP contribution < -0.4 is 10.2 Å². The number of amides is 1. The van der Waals surface area contributed by atoms with Crippen LogP contribution in [0, 0.1) is 0 Å². The van der Waals surface area contributed by atoms with Crippen molar-refractivity contribution in [3.63, 3.8) is 0 Å². The summed E-state index contributed by atoms with van der Waals surface area (Å²) >= 11 is 0. The molecular formula is C19H23N5O2. The molecule has 7 heteroatoms. The van der Waals surface area contributed by atoms with Crippen LogP contribution >= 0.6 is 0 Å². The summed E-state index contributed by atoms with van der Waals surface area (Å²) < 4.78 is 4.04. The second kappa shape index (κ2) is 6.84. The first-order valence-electron chi connectivity index (χ1n) is 8.90. The number of aromatic nitrogens is 3. The maximum atomic E-state index is 12.4. The minimum Gasteiger partial charge on any atom is -0.391 e. The maximum absolute atomic E-state index is 12.4. The molecule has 0 aliphatic carbocycles. The largest absolute Gasteiger partial charge is 0.391 e. The van der Waals surface area contributed by atoms with Crippen molar-refractivity contribution >= 4 is 22.9 Å². The van der Waals surface area contributed by atoms with Crippen LogP contribution in [0.1, 0.15) is 16.8 Å². The number of aryl methyl sites for hydroxylation is 1. The van der Waals surface area contributed by atoms with Gasteiger partial charge in [0, 0.05) is 51.2 Å². The maximum Gasteiger partial charge on any atom is 0.251 e. The number of nitrogens with one attached hydrogen (secondary N) is 1. The average molecular weight is 353 g/mol. The van der Waals surface area contributed by atoms with Crippen molar-refractivity contribution in [1.29, 1.82) is 0 Å². The number of rotatable bonds is 5. The lowest BCUT2D eigenvalue weighted by atomic mass is 10.2. The van der Waals surface area contributed by atoms with Crippen LogP contribution in [-0.2, 0) is 13.6 Å². The summed E-state index contributed by atoms with van der Waals surface area (Å²) in [5.41, 5.74) is 2.38. The van der Waals surface area contributed by atoms with Crippen molar-refractivity contribution in [2.24, 2.45) is 7.05 Å². The van der Waals surface area contributed by atoms with Gasteiger partial charge in [-0.15, -0.1) is 0 Å². The van der Waals surface area contributed by atoms with E-state index in [1.54, 1.807) is 0 Å². The molecule has 2 N–H and O–H groups in total. The summed E-state index contributed by atoms with van der Waals surface area (Å²) in [4.78, 5) is 19.2. The van der Waals surface area contributed by atoms with Gasteiger partial charge in [-0.3, -0.25) is 4.79 Å². The number of imidazole rings is 1. The van der Waals surface area contributed by atoms with E-state index < -0.39 is 0 Å². The van der Waals surface area contributed by atoms with Crippen molar-refractivity contribution in [2.75, 3.05) is 24.5 Å². The van der Waals surface area contributed by atoms with Crippen molar-refractivity contribution in [2.45, 2.75) is 19.1 Å². The first-order chi connectivity index (χ1) is 12.6. The second-order valence-corrected chi connectivity index (χ2v) is 6.74. The number of carbonyl (C=O) groups is 1. The highest BCUT2D eigenvalue weighted by atomic mass is 16.3. The van der Waals surface area contributed by atoms with Gasteiger partial charge >= 0.3 is 0 Å². The van der Waals surface area contributed by atoms with Gasteiger partial charge in [0.25, 0.3) is 5.91 Å². The van der Waals surface area contributed by atoms with E-state index in [9.17, 15) is 9.90 Å². The molecule has 2 aromatic heterocycles. The summed E-state index contributed by atoms with van der Waals surface area (Å²) in [5, 5.41) is 12.7. The fourth-order valence-electron chi connectivity index (χ4n) is 3.45. The molecule has 1 saturated heterocycles. The van der Waals surface area contributed by atoms with Crippen LogP contribution in [0.2, 0.25) is 0 Å².